The molecule has 6 unspecified atom stereocenters. The molecular formula is C24H33N7O. The molecule has 0 spiro atoms. The third-order valence-corrected chi connectivity index (χ3v) is 8.36. The van der Waals surface area contributed by atoms with E-state index in [-0.39, 0.29) is 11.9 Å². The van der Waals surface area contributed by atoms with E-state index in [0.717, 1.165) is 48.3 Å². The molecule has 8 nitrogen and oxygen atoms in total. The quantitative estimate of drug-likeness (QED) is 0.665. The highest BCUT2D eigenvalue weighted by Gasteiger charge is 2.50. The number of aryl methyl sites for hydroxylation is 1. The molecule has 4 heterocycles. The van der Waals surface area contributed by atoms with Gasteiger partial charge in [-0.1, -0.05) is 6.07 Å². The number of rotatable bonds is 5. The van der Waals surface area contributed by atoms with Crippen molar-refractivity contribution in [2.24, 2.45) is 17.8 Å². The van der Waals surface area contributed by atoms with Gasteiger partial charge in [-0.2, -0.15) is 5.10 Å². The van der Waals surface area contributed by atoms with Gasteiger partial charge in [-0.25, -0.2) is 4.98 Å². The third-order valence-electron chi connectivity index (χ3n) is 8.36. The van der Waals surface area contributed by atoms with Gasteiger partial charge in [-0.15, -0.1) is 0 Å². The molecule has 0 radical (unpaired) electrons. The second-order valence-electron chi connectivity index (χ2n) is 10.3. The number of nitrogens with zero attached hydrogens (tertiary/aromatic N) is 4. The maximum atomic E-state index is 12.8. The van der Waals surface area contributed by atoms with Crippen LogP contribution in [0.4, 0.5) is 5.82 Å². The molecule has 2 saturated heterocycles. The summed E-state index contributed by atoms with van der Waals surface area (Å²) in [6.45, 7) is 8.35. The van der Waals surface area contributed by atoms with E-state index >= 15 is 0 Å². The highest BCUT2D eigenvalue weighted by Crippen LogP contribution is 2.50. The molecule has 8 heteroatoms. The first kappa shape index (κ1) is 20.2. The lowest BCUT2D eigenvalue weighted by Crippen LogP contribution is -2.47. The van der Waals surface area contributed by atoms with Crippen molar-refractivity contribution in [3.63, 3.8) is 0 Å². The number of fused-ring (bicyclic) bond motifs is 2. The Morgan fingerprint density at radius 1 is 1.22 bits per heavy atom. The van der Waals surface area contributed by atoms with Crippen LogP contribution in [0.25, 0.3) is 0 Å². The molecule has 2 aromatic rings. The fraction of sp³-hybridized carbons (Fsp3) is 0.625. The van der Waals surface area contributed by atoms with Crippen molar-refractivity contribution in [1.82, 2.24) is 30.9 Å². The Kier molecular flexibility index (Phi) is 4.76. The molecule has 2 saturated carbocycles. The minimum atomic E-state index is -0.0463. The molecule has 170 valence electrons. The van der Waals surface area contributed by atoms with E-state index in [4.69, 9.17) is 4.98 Å². The van der Waals surface area contributed by atoms with Crippen molar-refractivity contribution in [2.45, 2.75) is 70.7 Å². The van der Waals surface area contributed by atoms with E-state index < -0.39 is 0 Å². The van der Waals surface area contributed by atoms with Crippen LogP contribution in [0.1, 0.15) is 54.7 Å². The topological polar surface area (TPSA) is 87.1 Å². The maximum absolute atomic E-state index is 12.8. The van der Waals surface area contributed by atoms with Crippen LogP contribution < -0.4 is 21.1 Å². The number of carbonyl (C=O) groups is 1. The third kappa shape index (κ3) is 3.40. The number of anilines is 1. The number of amides is 1. The summed E-state index contributed by atoms with van der Waals surface area (Å²) in [6.07, 6.45) is 7.05. The number of piperidine rings is 1. The lowest BCUT2D eigenvalue weighted by atomic mass is 9.98. The zero-order chi connectivity index (χ0) is 22.0. The second-order valence-corrected chi connectivity index (χ2v) is 10.3. The van der Waals surface area contributed by atoms with Crippen LogP contribution in [-0.2, 0) is 6.54 Å². The Bertz CT molecular complexity index is 1040. The van der Waals surface area contributed by atoms with Crippen LogP contribution in [0, 0.1) is 24.7 Å². The standard InChI is InChI=1S/C24H33N7O/c1-13-16(4-7-22(26-13)31-12-17-8-20(17)15(31)3)10-30-11-18(9-25-30)24(32)27-21-6-5-19-14(2)28-29-23(19)21/h4,7,9,11,14-15,17,19-21,23,28-29H,5-6,8,10,12H2,1-3H3,(H,27,32)/t14?,15?,17?,19?,20?,21-,23?/m1/s1. The van der Waals surface area contributed by atoms with Gasteiger partial charge in [0.1, 0.15) is 5.82 Å². The van der Waals surface area contributed by atoms with Gasteiger partial charge in [0.15, 0.2) is 0 Å². The average Bonchev–Trinajstić information content (AvgIpc) is 3.11. The molecule has 2 aliphatic carbocycles. The van der Waals surface area contributed by atoms with Crippen molar-refractivity contribution in [1.29, 1.82) is 0 Å². The zero-order valence-electron chi connectivity index (χ0n) is 19.1. The SMILES string of the molecule is Cc1nc(N2CC3CC3C2C)ccc1Cn1cc(C(=O)N[C@@H]2CCC3C(C)NNC32)cn1. The Morgan fingerprint density at radius 2 is 2.09 bits per heavy atom. The minimum absolute atomic E-state index is 0.0463. The summed E-state index contributed by atoms with van der Waals surface area (Å²) < 4.78 is 1.83. The molecule has 6 rings (SSSR count). The van der Waals surface area contributed by atoms with E-state index in [9.17, 15) is 4.79 Å². The smallest absolute Gasteiger partial charge is 0.254 e. The number of nitrogens with one attached hydrogen (secondary N) is 3. The van der Waals surface area contributed by atoms with Gasteiger partial charge in [0.25, 0.3) is 5.91 Å². The fourth-order valence-electron chi connectivity index (χ4n) is 6.22. The normalized spacial score (nSPS) is 35.1. The van der Waals surface area contributed by atoms with Gasteiger partial charge < -0.3 is 10.2 Å². The Labute approximate surface area is 189 Å². The fourth-order valence-corrected chi connectivity index (χ4v) is 6.22. The van der Waals surface area contributed by atoms with Gasteiger partial charge in [0.2, 0.25) is 0 Å². The largest absolute Gasteiger partial charge is 0.353 e. The van der Waals surface area contributed by atoms with Crippen molar-refractivity contribution >= 4 is 11.7 Å². The van der Waals surface area contributed by atoms with Gasteiger partial charge in [-0.05, 0) is 69.4 Å². The van der Waals surface area contributed by atoms with Gasteiger partial charge >= 0.3 is 0 Å². The van der Waals surface area contributed by atoms with Crippen molar-refractivity contribution in [3.05, 3.63) is 41.3 Å². The van der Waals surface area contributed by atoms with E-state index in [0.29, 0.717) is 36.2 Å². The summed E-state index contributed by atoms with van der Waals surface area (Å²) in [5.74, 6) is 3.36. The van der Waals surface area contributed by atoms with Crippen LogP contribution >= 0.6 is 0 Å². The lowest BCUT2D eigenvalue weighted by molar-refractivity contribution is 0.0931. The second kappa shape index (κ2) is 7.56. The summed E-state index contributed by atoms with van der Waals surface area (Å²) in [5.41, 5.74) is 9.43. The van der Waals surface area contributed by atoms with Crippen molar-refractivity contribution in [3.8, 4) is 0 Å². The summed E-state index contributed by atoms with van der Waals surface area (Å²) in [7, 11) is 0. The average molecular weight is 436 g/mol. The molecule has 0 bridgehead atoms. The maximum Gasteiger partial charge on any atom is 0.254 e. The molecule has 0 aromatic carbocycles. The van der Waals surface area contributed by atoms with Gasteiger partial charge in [0, 0.05) is 42.6 Å². The Morgan fingerprint density at radius 3 is 2.88 bits per heavy atom. The number of hydrogen-bond acceptors (Lipinski definition) is 6. The Balaban J connectivity index is 1.10. The molecule has 2 aliphatic heterocycles. The summed E-state index contributed by atoms with van der Waals surface area (Å²) in [4.78, 5) is 20.2. The molecule has 32 heavy (non-hydrogen) atoms. The molecule has 7 atom stereocenters. The number of carbonyl (C=O) groups excluding carboxylic acids is 1. The molecule has 4 aliphatic rings. The number of pyridine rings is 1. The van der Waals surface area contributed by atoms with Crippen molar-refractivity contribution in [2.75, 3.05) is 11.4 Å². The summed E-state index contributed by atoms with van der Waals surface area (Å²) in [6, 6.07) is 5.81. The summed E-state index contributed by atoms with van der Waals surface area (Å²) >= 11 is 0. The first-order valence-corrected chi connectivity index (χ1v) is 12.1. The molecule has 2 aromatic heterocycles. The van der Waals surface area contributed by atoms with E-state index in [1.807, 2.05) is 10.9 Å². The first-order valence-electron chi connectivity index (χ1n) is 12.1. The predicted molar refractivity (Wildman–Crippen MR) is 122 cm³/mol. The van der Waals surface area contributed by atoms with Gasteiger partial charge in [0.05, 0.1) is 18.3 Å². The molecule has 4 fully saturated rings. The number of hydrazine groups is 1. The van der Waals surface area contributed by atoms with Crippen LogP contribution in [0.5, 0.6) is 0 Å². The van der Waals surface area contributed by atoms with E-state index in [1.165, 1.54) is 6.42 Å². The predicted octanol–water partition coefficient (Wildman–Crippen LogP) is 1.85. The number of hydrogen-bond donors (Lipinski definition) is 3. The highest BCUT2D eigenvalue weighted by atomic mass is 16.1. The van der Waals surface area contributed by atoms with Crippen LogP contribution in [0.15, 0.2) is 24.5 Å². The Hall–Kier alpha value is -2.45. The summed E-state index contributed by atoms with van der Waals surface area (Å²) in [5, 5.41) is 7.66. The van der Waals surface area contributed by atoms with E-state index in [1.54, 1.807) is 6.20 Å². The molecule has 3 N–H and O–H groups in total. The van der Waals surface area contributed by atoms with E-state index in [2.05, 4.69) is 59.1 Å². The first-order chi connectivity index (χ1) is 15.5. The zero-order valence-corrected chi connectivity index (χ0v) is 19.1. The van der Waals surface area contributed by atoms with Crippen LogP contribution in [0.3, 0.4) is 0 Å². The minimum Gasteiger partial charge on any atom is -0.353 e. The van der Waals surface area contributed by atoms with Crippen molar-refractivity contribution < 1.29 is 4.79 Å². The highest BCUT2D eigenvalue weighted by molar-refractivity contribution is 5.94. The van der Waals surface area contributed by atoms with Gasteiger partial charge in [-0.3, -0.25) is 20.3 Å². The van der Waals surface area contributed by atoms with Crippen LogP contribution in [-0.4, -0.2) is 51.4 Å². The lowest BCUT2D eigenvalue weighted by Gasteiger charge is -2.26. The van der Waals surface area contributed by atoms with Crippen LogP contribution in [0.2, 0.25) is 0 Å². The number of aromatic nitrogens is 3. The molecular weight excluding hydrogens is 402 g/mol. The monoisotopic (exact) mass is 435 g/mol. The molecule has 1 amide bonds.